The van der Waals surface area contributed by atoms with Crippen LogP contribution in [0.25, 0.3) is 0 Å². The van der Waals surface area contributed by atoms with Gasteiger partial charge in [0.25, 0.3) is 0 Å². The lowest BCUT2D eigenvalue weighted by Crippen LogP contribution is -2.15. The fourth-order valence-corrected chi connectivity index (χ4v) is 2.16. The van der Waals surface area contributed by atoms with E-state index in [4.69, 9.17) is 10.2 Å². The number of hydrogen-bond acceptors (Lipinski definition) is 2. The van der Waals surface area contributed by atoms with Crippen LogP contribution in [0.1, 0.15) is 65.7 Å². The first-order chi connectivity index (χ1) is 8.91. The van der Waals surface area contributed by atoms with Gasteiger partial charge in [-0.2, -0.15) is 0 Å². The second kappa shape index (κ2) is 9.59. The van der Waals surface area contributed by atoms with Gasteiger partial charge in [-0.3, -0.25) is 0 Å². The maximum atomic E-state index is 11.2. The van der Waals surface area contributed by atoms with E-state index in [0.29, 0.717) is 6.42 Å². The average Bonchev–Trinajstić information content (AvgIpc) is 2.30. The van der Waals surface area contributed by atoms with E-state index in [1.807, 2.05) is 0 Å². The molecule has 0 fully saturated rings. The Morgan fingerprint density at radius 3 is 1.84 bits per heavy atom. The highest BCUT2D eigenvalue weighted by atomic mass is 16.4. The molecule has 0 atom stereocenters. The normalized spacial score (nSPS) is 12.4. The maximum absolute atomic E-state index is 11.2. The Labute approximate surface area is 115 Å². The predicted octanol–water partition coefficient (Wildman–Crippen LogP) is 3.86. The molecule has 0 bridgehead atoms. The van der Waals surface area contributed by atoms with E-state index in [1.54, 1.807) is 13.8 Å². The number of unbranched alkanes of at least 4 members (excludes halogenated alkanes) is 5. The van der Waals surface area contributed by atoms with Crippen LogP contribution in [0.2, 0.25) is 0 Å². The summed E-state index contributed by atoms with van der Waals surface area (Å²) in [5.74, 6) is -2.48. The largest absolute Gasteiger partial charge is 0.478 e. The summed E-state index contributed by atoms with van der Waals surface area (Å²) < 4.78 is 0. The SMILES string of the molecule is CCCCCCCCC(C(=O)O)=C(C(=O)O)C(C)C. The number of carboxylic acids is 2. The standard InChI is InChI=1S/C15H26O4/c1-4-5-6-7-8-9-10-12(14(16)17)13(11(2)3)15(18)19/h11H,4-10H2,1-3H3,(H,16,17)(H,18,19). The molecular weight excluding hydrogens is 244 g/mol. The van der Waals surface area contributed by atoms with Crippen molar-refractivity contribution < 1.29 is 19.8 Å². The third-order valence-electron chi connectivity index (χ3n) is 3.17. The van der Waals surface area contributed by atoms with E-state index in [9.17, 15) is 9.59 Å². The lowest BCUT2D eigenvalue weighted by atomic mass is 9.93. The summed E-state index contributed by atoms with van der Waals surface area (Å²) >= 11 is 0. The van der Waals surface area contributed by atoms with Crippen molar-refractivity contribution in [1.29, 1.82) is 0 Å². The lowest BCUT2D eigenvalue weighted by molar-refractivity contribution is -0.136. The molecule has 0 aliphatic heterocycles. The summed E-state index contributed by atoms with van der Waals surface area (Å²) in [6.45, 7) is 5.58. The summed E-state index contributed by atoms with van der Waals surface area (Å²) in [6, 6.07) is 0. The summed E-state index contributed by atoms with van der Waals surface area (Å²) in [6.07, 6.45) is 6.69. The van der Waals surface area contributed by atoms with E-state index in [0.717, 1.165) is 19.3 Å². The zero-order valence-electron chi connectivity index (χ0n) is 12.2. The van der Waals surface area contributed by atoms with Gasteiger partial charge < -0.3 is 10.2 Å². The first-order valence-electron chi connectivity index (χ1n) is 7.11. The zero-order valence-corrected chi connectivity index (χ0v) is 12.2. The number of aliphatic carboxylic acids is 2. The van der Waals surface area contributed by atoms with Crippen LogP contribution < -0.4 is 0 Å². The second-order valence-corrected chi connectivity index (χ2v) is 5.18. The van der Waals surface area contributed by atoms with E-state index in [-0.39, 0.29) is 17.1 Å². The molecular formula is C15H26O4. The van der Waals surface area contributed by atoms with Gasteiger partial charge in [0, 0.05) is 11.1 Å². The summed E-state index contributed by atoms with van der Waals surface area (Å²) in [5, 5.41) is 18.3. The molecule has 0 aromatic rings. The minimum absolute atomic E-state index is 0.0426. The third kappa shape index (κ3) is 6.99. The van der Waals surface area contributed by atoms with Crippen molar-refractivity contribution in [1.82, 2.24) is 0 Å². The maximum Gasteiger partial charge on any atom is 0.332 e. The van der Waals surface area contributed by atoms with Gasteiger partial charge in [0.2, 0.25) is 0 Å². The first kappa shape index (κ1) is 17.7. The fraction of sp³-hybridized carbons (Fsp3) is 0.733. The van der Waals surface area contributed by atoms with Crippen molar-refractivity contribution in [3.05, 3.63) is 11.1 Å². The molecule has 0 aliphatic rings. The molecule has 0 amide bonds. The summed E-state index contributed by atoms with van der Waals surface area (Å²) in [5.41, 5.74) is 0.110. The molecule has 0 rings (SSSR count). The third-order valence-corrected chi connectivity index (χ3v) is 3.17. The molecule has 0 aromatic heterocycles. The van der Waals surface area contributed by atoms with Crippen LogP contribution >= 0.6 is 0 Å². The van der Waals surface area contributed by atoms with Gasteiger partial charge in [-0.15, -0.1) is 0 Å². The molecule has 0 aliphatic carbocycles. The van der Waals surface area contributed by atoms with Gasteiger partial charge in [0.15, 0.2) is 0 Å². The quantitative estimate of drug-likeness (QED) is 0.467. The van der Waals surface area contributed by atoms with E-state index in [2.05, 4.69) is 6.92 Å². The van der Waals surface area contributed by atoms with Crippen molar-refractivity contribution in [2.24, 2.45) is 5.92 Å². The van der Waals surface area contributed by atoms with Crippen molar-refractivity contribution in [3.63, 3.8) is 0 Å². The van der Waals surface area contributed by atoms with Crippen LogP contribution in [0.5, 0.6) is 0 Å². The molecule has 0 saturated carbocycles. The van der Waals surface area contributed by atoms with Crippen molar-refractivity contribution in [3.8, 4) is 0 Å². The average molecular weight is 270 g/mol. The molecule has 4 heteroatoms. The van der Waals surface area contributed by atoms with Crippen molar-refractivity contribution >= 4 is 11.9 Å². The Morgan fingerprint density at radius 2 is 1.42 bits per heavy atom. The number of carboxylic acid groups (broad SMARTS) is 2. The molecule has 0 spiro atoms. The number of hydrogen-bond donors (Lipinski definition) is 2. The fourth-order valence-electron chi connectivity index (χ4n) is 2.16. The van der Waals surface area contributed by atoms with Crippen LogP contribution in [0.4, 0.5) is 0 Å². The van der Waals surface area contributed by atoms with Gasteiger partial charge in [0.05, 0.1) is 0 Å². The van der Waals surface area contributed by atoms with Gasteiger partial charge in [0.1, 0.15) is 0 Å². The Balaban J connectivity index is 4.53. The van der Waals surface area contributed by atoms with Crippen LogP contribution in [0, 0.1) is 5.92 Å². The molecule has 4 nitrogen and oxygen atoms in total. The van der Waals surface area contributed by atoms with Crippen LogP contribution in [-0.2, 0) is 9.59 Å². The molecule has 0 heterocycles. The summed E-state index contributed by atoms with van der Waals surface area (Å²) in [4.78, 5) is 22.3. The Morgan fingerprint density at radius 1 is 0.895 bits per heavy atom. The monoisotopic (exact) mass is 270 g/mol. The smallest absolute Gasteiger partial charge is 0.332 e. The second-order valence-electron chi connectivity index (χ2n) is 5.18. The van der Waals surface area contributed by atoms with E-state index in [1.165, 1.54) is 19.3 Å². The molecule has 2 N–H and O–H groups in total. The predicted molar refractivity (Wildman–Crippen MR) is 75.1 cm³/mol. The van der Waals surface area contributed by atoms with Gasteiger partial charge in [-0.05, 0) is 18.8 Å². The topological polar surface area (TPSA) is 74.6 Å². The zero-order chi connectivity index (χ0) is 14.8. The molecule has 0 radical (unpaired) electrons. The molecule has 0 aromatic carbocycles. The highest BCUT2D eigenvalue weighted by molar-refractivity contribution is 5.99. The van der Waals surface area contributed by atoms with Gasteiger partial charge in [-0.1, -0.05) is 52.9 Å². The Hall–Kier alpha value is -1.32. The molecule has 110 valence electrons. The van der Waals surface area contributed by atoms with Gasteiger partial charge >= 0.3 is 11.9 Å². The molecule has 0 saturated heterocycles. The van der Waals surface area contributed by atoms with Crippen molar-refractivity contribution in [2.45, 2.75) is 65.7 Å². The Kier molecular flexibility index (Phi) is 8.92. The molecule has 19 heavy (non-hydrogen) atoms. The van der Waals surface area contributed by atoms with E-state index < -0.39 is 11.9 Å². The lowest BCUT2D eigenvalue weighted by Gasteiger charge is -2.12. The van der Waals surface area contributed by atoms with Crippen LogP contribution in [-0.4, -0.2) is 22.2 Å². The van der Waals surface area contributed by atoms with Crippen LogP contribution in [0.3, 0.4) is 0 Å². The highest BCUT2D eigenvalue weighted by Crippen LogP contribution is 2.21. The van der Waals surface area contributed by atoms with Crippen molar-refractivity contribution in [2.75, 3.05) is 0 Å². The number of rotatable bonds is 10. The number of carbonyl (C=O) groups is 2. The Bertz CT molecular complexity index is 329. The first-order valence-corrected chi connectivity index (χ1v) is 7.11. The minimum Gasteiger partial charge on any atom is -0.478 e. The highest BCUT2D eigenvalue weighted by Gasteiger charge is 2.22. The van der Waals surface area contributed by atoms with Gasteiger partial charge in [-0.25, -0.2) is 9.59 Å². The minimum atomic E-state index is -1.11. The van der Waals surface area contributed by atoms with Crippen LogP contribution in [0.15, 0.2) is 11.1 Å². The summed E-state index contributed by atoms with van der Waals surface area (Å²) in [7, 11) is 0. The molecule has 0 unspecified atom stereocenters. The van der Waals surface area contributed by atoms with E-state index >= 15 is 0 Å².